The van der Waals surface area contributed by atoms with E-state index < -0.39 is 0 Å². The van der Waals surface area contributed by atoms with E-state index in [1.165, 1.54) is 12.8 Å². The van der Waals surface area contributed by atoms with E-state index in [1.54, 1.807) is 0 Å². The summed E-state index contributed by atoms with van der Waals surface area (Å²) >= 11 is 0. The summed E-state index contributed by atoms with van der Waals surface area (Å²) in [6.07, 6.45) is 3.55. The van der Waals surface area contributed by atoms with E-state index in [4.69, 9.17) is 0 Å². The topological polar surface area (TPSA) is 35.5 Å². The molecule has 1 rings (SSSR count). The Morgan fingerprint density at radius 3 is 2.85 bits per heavy atom. The molecule has 2 N–H and O–H groups in total. The number of piperidine rings is 1. The Bertz CT molecular complexity index is 139. The van der Waals surface area contributed by atoms with E-state index in [-0.39, 0.29) is 0 Å². The molecular weight excluding hydrogens is 164 g/mol. The van der Waals surface area contributed by atoms with E-state index in [0.717, 1.165) is 19.5 Å². The van der Waals surface area contributed by atoms with Crippen molar-refractivity contribution < 1.29 is 5.11 Å². The highest BCUT2D eigenvalue weighted by Gasteiger charge is 2.23. The maximum atomic E-state index is 9.17. The van der Waals surface area contributed by atoms with E-state index in [1.807, 2.05) is 0 Å². The standard InChI is InChI=1S/C10H22N2O/c1-12(2)7-5-10-9(8-13)4-3-6-11-10/h9-11,13H,3-8H2,1-2H3/t9-,10-/m1/s1. The van der Waals surface area contributed by atoms with Crippen LogP contribution in [0, 0.1) is 5.92 Å². The van der Waals surface area contributed by atoms with Crippen LogP contribution in [0.4, 0.5) is 0 Å². The van der Waals surface area contributed by atoms with Gasteiger partial charge < -0.3 is 15.3 Å². The number of nitrogens with zero attached hydrogens (tertiary/aromatic N) is 1. The number of rotatable bonds is 4. The van der Waals surface area contributed by atoms with Crippen LogP contribution in [-0.2, 0) is 0 Å². The van der Waals surface area contributed by atoms with Crippen molar-refractivity contribution in [2.75, 3.05) is 33.8 Å². The molecule has 78 valence electrons. The molecule has 1 aliphatic rings. The lowest BCUT2D eigenvalue weighted by molar-refractivity contribution is 0.149. The number of aliphatic hydroxyl groups excluding tert-OH is 1. The zero-order valence-electron chi connectivity index (χ0n) is 8.79. The number of hydrogen-bond donors (Lipinski definition) is 2. The van der Waals surface area contributed by atoms with Crippen molar-refractivity contribution in [1.82, 2.24) is 10.2 Å². The van der Waals surface area contributed by atoms with Gasteiger partial charge in [-0.2, -0.15) is 0 Å². The first-order chi connectivity index (χ1) is 6.24. The lowest BCUT2D eigenvalue weighted by atomic mass is 9.89. The monoisotopic (exact) mass is 186 g/mol. The predicted molar refractivity (Wildman–Crippen MR) is 54.8 cm³/mol. The normalized spacial score (nSPS) is 29.5. The van der Waals surface area contributed by atoms with Crippen LogP contribution >= 0.6 is 0 Å². The SMILES string of the molecule is CN(C)CC[C@H]1NCCC[C@@H]1CO. The third-order valence-corrected chi connectivity index (χ3v) is 2.85. The molecule has 0 amide bonds. The zero-order valence-corrected chi connectivity index (χ0v) is 8.79. The molecule has 0 unspecified atom stereocenters. The molecule has 3 heteroatoms. The summed E-state index contributed by atoms with van der Waals surface area (Å²) in [7, 11) is 4.19. The van der Waals surface area contributed by atoms with Gasteiger partial charge in [-0.05, 0) is 52.4 Å². The van der Waals surface area contributed by atoms with Crippen molar-refractivity contribution in [1.29, 1.82) is 0 Å². The van der Waals surface area contributed by atoms with Gasteiger partial charge in [-0.25, -0.2) is 0 Å². The van der Waals surface area contributed by atoms with Crippen LogP contribution in [0.3, 0.4) is 0 Å². The molecule has 2 atom stereocenters. The van der Waals surface area contributed by atoms with Crippen LogP contribution in [0.2, 0.25) is 0 Å². The average molecular weight is 186 g/mol. The summed E-state index contributed by atoms with van der Waals surface area (Å²) in [5.74, 6) is 0.480. The number of hydrogen-bond acceptors (Lipinski definition) is 3. The fourth-order valence-corrected chi connectivity index (χ4v) is 1.97. The van der Waals surface area contributed by atoms with Gasteiger partial charge in [-0.1, -0.05) is 0 Å². The van der Waals surface area contributed by atoms with E-state index in [2.05, 4.69) is 24.3 Å². The Labute approximate surface area is 81.1 Å². The minimum absolute atomic E-state index is 0.338. The van der Waals surface area contributed by atoms with Gasteiger partial charge in [-0.3, -0.25) is 0 Å². The fourth-order valence-electron chi connectivity index (χ4n) is 1.97. The Kier molecular flexibility index (Phi) is 4.70. The summed E-state index contributed by atoms with van der Waals surface area (Å²) < 4.78 is 0. The number of aliphatic hydroxyl groups is 1. The number of nitrogens with one attached hydrogen (secondary N) is 1. The molecule has 1 heterocycles. The predicted octanol–water partition coefficient (Wildman–Crippen LogP) is 0.299. The van der Waals surface area contributed by atoms with Crippen molar-refractivity contribution in [3.05, 3.63) is 0 Å². The van der Waals surface area contributed by atoms with E-state index in [0.29, 0.717) is 18.6 Å². The highest BCUT2D eigenvalue weighted by molar-refractivity contribution is 4.81. The third kappa shape index (κ3) is 3.63. The molecule has 1 fully saturated rings. The quantitative estimate of drug-likeness (QED) is 0.663. The van der Waals surface area contributed by atoms with E-state index in [9.17, 15) is 5.11 Å². The first kappa shape index (κ1) is 11.0. The molecule has 1 saturated heterocycles. The van der Waals surface area contributed by atoms with Crippen molar-refractivity contribution in [2.45, 2.75) is 25.3 Å². The second-order valence-electron chi connectivity index (χ2n) is 4.24. The van der Waals surface area contributed by atoms with Crippen LogP contribution in [0.15, 0.2) is 0 Å². The van der Waals surface area contributed by atoms with Gasteiger partial charge in [-0.15, -0.1) is 0 Å². The molecule has 1 aliphatic heterocycles. The first-order valence-corrected chi connectivity index (χ1v) is 5.23. The van der Waals surface area contributed by atoms with Gasteiger partial charge in [0.05, 0.1) is 0 Å². The Hall–Kier alpha value is -0.120. The second kappa shape index (κ2) is 5.58. The van der Waals surface area contributed by atoms with Crippen molar-refractivity contribution >= 4 is 0 Å². The molecular formula is C10H22N2O. The van der Waals surface area contributed by atoms with Crippen molar-refractivity contribution in [2.24, 2.45) is 5.92 Å². The lowest BCUT2D eigenvalue weighted by Crippen LogP contribution is -2.44. The van der Waals surface area contributed by atoms with Crippen LogP contribution in [0.5, 0.6) is 0 Å². The van der Waals surface area contributed by atoms with E-state index >= 15 is 0 Å². The summed E-state index contributed by atoms with van der Waals surface area (Å²) in [6, 6.07) is 0.529. The largest absolute Gasteiger partial charge is 0.396 e. The molecule has 3 nitrogen and oxygen atoms in total. The molecule has 0 saturated carbocycles. The van der Waals surface area contributed by atoms with Gasteiger partial charge in [0, 0.05) is 12.6 Å². The molecule has 13 heavy (non-hydrogen) atoms. The Morgan fingerprint density at radius 1 is 1.46 bits per heavy atom. The molecule has 0 radical (unpaired) electrons. The van der Waals surface area contributed by atoms with Gasteiger partial charge in [0.15, 0.2) is 0 Å². The zero-order chi connectivity index (χ0) is 9.68. The lowest BCUT2D eigenvalue weighted by Gasteiger charge is -2.32. The van der Waals surface area contributed by atoms with Crippen molar-refractivity contribution in [3.8, 4) is 0 Å². The molecule has 0 aromatic heterocycles. The highest BCUT2D eigenvalue weighted by Crippen LogP contribution is 2.18. The maximum Gasteiger partial charge on any atom is 0.0474 e. The third-order valence-electron chi connectivity index (χ3n) is 2.85. The van der Waals surface area contributed by atoms with Crippen LogP contribution < -0.4 is 5.32 Å². The van der Waals surface area contributed by atoms with Gasteiger partial charge in [0.2, 0.25) is 0 Å². The summed E-state index contributed by atoms with van der Waals surface area (Å²) in [4.78, 5) is 2.20. The van der Waals surface area contributed by atoms with Crippen LogP contribution in [0.1, 0.15) is 19.3 Å². The molecule has 0 spiro atoms. The van der Waals surface area contributed by atoms with Crippen LogP contribution in [0.25, 0.3) is 0 Å². The minimum atomic E-state index is 0.338. The van der Waals surface area contributed by atoms with Gasteiger partial charge in [0.25, 0.3) is 0 Å². The Morgan fingerprint density at radius 2 is 2.23 bits per heavy atom. The average Bonchev–Trinajstić information content (AvgIpc) is 2.15. The molecule has 0 aromatic carbocycles. The van der Waals surface area contributed by atoms with Gasteiger partial charge >= 0.3 is 0 Å². The smallest absolute Gasteiger partial charge is 0.0474 e. The fraction of sp³-hybridized carbons (Fsp3) is 1.00. The Balaban J connectivity index is 2.27. The minimum Gasteiger partial charge on any atom is -0.396 e. The van der Waals surface area contributed by atoms with Crippen molar-refractivity contribution in [3.63, 3.8) is 0 Å². The maximum absolute atomic E-state index is 9.17. The summed E-state index contributed by atoms with van der Waals surface area (Å²) in [5, 5.41) is 12.7. The van der Waals surface area contributed by atoms with Crippen LogP contribution in [-0.4, -0.2) is 49.8 Å². The second-order valence-corrected chi connectivity index (χ2v) is 4.24. The summed E-state index contributed by atoms with van der Waals surface area (Å²) in [5.41, 5.74) is 0. The molecule has 0 bridgehead atoms. The molecule has 0 aliphatic carbocycles. The first-order valence-electron chi connectivity index (χ1n) is 5.23. The summed E-state index contributed by atoms with van der Waals surface area (Å²) in [6.45, 7) is 2.56. The van der Waals surface area contributed by atoms with Gasteiger partial charge in [0.1, 0.15) is 0 Å². The highest BCUT2D eigenvalue weighted by atomic mass is 16.3. The molecule has 0 aromatic rings.